The molecule has 1 aromatic carbocycles. The summed E-state index contributed by atoms with van der Waals surface area (Å²) in [5.41, 5.74) is 1.68. The number of nitrogens with zero attached hydrogens (tertiary/aromatic N) is 1. The van der Waals surface area contributed by atoms with Gasteiger partial charge in [-0.15, -0.1) is 11.3 Å². The lowest BCUT2D eigenvalue weighted by Gasteiger charge is -2.29. The van der Waals surface area contributed by atoms with Gasteiger partial charge in [0.05, 0.1) is 13.0 Å². The first-order chi connectivity index (χ1) is 14.0. The van der Waals surface area contributed by atoms with E-state index in [1.165, 1.54) is 4.88 Å². The molecule has 2 heterocycles. The zero-order chi connectivity index (χ0) is 20.8. The van der Waals surface area contributed by atoms with Crippen LogP contribution in [0, 0.1) is 0 Å². The fraction of sp³-hybridized carbons (Fsp3) is 0.409. The van der Waals surface area contributed by atoms with Crippen LogP contribution in [0.3, 0.4) is 0 Å². The van der Waals surface area contributed by atoms with Crippen molar-refractivity contribution in [3.63, 3.8) is 0 Å². The molecule has 29 heavy (non-hydrogen) atoms. The minimum absolute atomic E-state index is 0.0374. The Morgan fingerprint density at radius 3 is 2.62 bits per heavy atom. The van der Waals surface area contributed by atoms with Gasteiger partial charge in [-0.1, -0.05) is 0 Å². The monoisotopic (exact) mass is 415 g/mol. The van der Waals surface area contributed by atoms with Crippen molar-refractivity contribution in [3.05, 3.63) is 51.7 Å². The summed E-state index contributed by atoms with van der Waals surface area (Å²) in [6, 6.07) is 8.85. The number of benzene rings is 1. The Morgan fingerprint density at radius 1 is 1.14 bits per heavy atom. The zero-order valence-electron chi connectivity index (χ0n) is 16.7. The van der Waals surface area contributed by atoms with Crippen LogP contribution < -0.4 is 4.74 Å². The van der Waals surface area contributed by atoms with Crippen molar-refractivity contribution in [1.29, 1.82) is 0 Å². The van der Waals surface area contributed by atoms with E-state index in [0.717, 1.165) is 12.0 Å². The van der Waals surface area contributed by atoms with Crippen LogP contribution in [-0.4, -0.2) is 41.8 Å². The second-order valence-electron chi connectivity index (χ2n) is 6.89. The number of hydrogen-bond acceptors (Lipinski definition) is 6. The highest BCUT2D eigenvalue weighted by molar-refractivity contribution is 7.10. The molecular weight excluding hydrogens is 390 g/mol. The summed E-state index contributed by atoms with van der Waals surface area (Å²) in [6.45, 7) is 5.21. The van der Waals surface area contributed by atoms with Gasteiger partial charge in [-0.3, -0.25) is 14.4 Å². The molecule has 0 fully saturated rings. The Hall–Kier alpha value is -2.67. The molecule has 1 unspecified atom stereocenters. The molecule has 2 aromatic rings. The first-order valence-electron chi connectivity index (χ1n) is 9.77. The number of fused-ring (bicyclic) bond motifs is 1. The maximum Gasteiger partial charge on any atom is 0.307 e. The molecule has 6 nitrogen and oxygen atoms in total. The van der Waals surface area contributed by atoms with Gasteiger partial charge in [-0.25, -0.2) is 0 Å². The molecule has 0 bridgehead atoms. The minimum Gasteiger partial charge on any atom is -0.494 e. The number of Topliss-reactive ketones (excluding diaryl/α,β-unsaturated/α-hetero) is 1. The van der Waals surface area contributed by atoms with E-state index in [-0.39, 0.29) is 24.5 Å². The lowest BCUT2D eigenvalue weighted by molar-refractivity contribution is -0.159. The van der Waals surface area contributed by atoms with Gasteiger partial charge >= 0.3 is 5.97 Å². The van der Waals surface area contributed by atoms with Crippen molar-refractivity contribution < 1.29 is 23.9 Å². The molecule has 0 N–H and O–H groups in total. The maximum atomic E-state index is 12.6. The largest absolute Gasteiger partial charge is 0.494 e. The number of carbonyl (C=O) groups is 3. The second-order valence-corrected chi connectivity index (χ2v) is 7.89. The quantitative estimate of drug-likeness (QED) is 0.486. The van der Waals surface area contributed by atoms with Gasteiger partial charge in [0.2, 0.25) is 0 Å². The molecule has 0 spiro atoms. The third-order valence-corrected chi connectivity index (χ3v) is 5.84. The van der Waals surface area contributed by atoms with E-state index in [4.69, 9.17) is 9.47 Å². The summed E-state index contributed by atoms with van der Waals surface area (Å²) < 4.78 is 10.6. The van der Waals surface area contributed by atoms with Crippen molar-refractivity contribution in [3.8, 4) is 5.75 Å². The second kappa shape index (κ2) is 9.69. The predicted octanol–water partition coefficient (Wildman–Crippen LogP) is 3.63. The van der Waals surface area contributed by atoms with Crippen molar-refractivity contribution >= 4 is 29.0 Å². The van der Waals surface area contributed by atoms with E-state index in [1.54, 1.807) is 47.4 Å². The first-order valence-corrected chi connectivity index (χ1v) is 10.7. The maximum absolute atomic E-state index is 12.6. The normalized spacial score (nSPS) is 14.1. The standard InChI is InChI=1S/C22H25NO5S/c1-3-27-18-6-4-16(5-7-18)19(24)8-9-21(25)28-15(2)22(26)23-12-10-20-17(14-23)11-13-29-20/h4-7,11,13,15H,3,8-10,12,14H2,1-2H3. The number of rotatable bonds is 8. The molecular formula is C22H25NO5S. The van der Waals surface area contributed by atoms with E-state index in [0.29, 0.717) is 31.0 Å². The van der Waals surface area contributed by atoms with Crippen LogP contribution in [0.15, 0.2) is 35.7 Å². The molecule has 1 amide bonds. The van der Waals surface area contributed by atoms with Crippen LogP contribution in [-0.2, 0) is 27.3 Å². The summed E-state index contributed by atoms with van der Waals surface area (Å²) >= 11 is 1.71. The number of hydrogen-bond donors (Lipinski definition) is 0. The van der Waals surface area contributed by atoms with Crippen molar-refractivity contribution in [1.82, 2.24) is 4.90 Å². The van der Waals surface area contributed by atoms with E-state index in [2.05, 4.69) is 0 Å². The fourth-order valence-corrected chi connectivity index (χ4v) is 4.15. The third-order valence-electron chi connectivity index (χ3n) is 4.82. The van der Waals surface area contributed by atoms with E-state index >= 15 is 0 Å². The number of ketones is 1. The van der Waals surface area contributed by atoms with Crippen molar-refractivity contribution in [2.75, 3.05) is 13.2 Å². The fourth-order valence-electron chi connectivity index (χ4n) is 3.26. The topological polar surface area (TPSA) is 72.9 Å². The summed E-state index contributed by atoms with van der Waals surface area (Å²) in [7, 11) is 0. The van der Waals surface area contributed by atoms with Crippen LogP contribution in [0.5, 0.6) is 5.75 Å². The number of amides is 1. The number of thiophene rings is 1. The molecule has 7 heteroatoms. The van der Waals surface area contributed by atoms with Crippen LogP contribution in [0.25, 0.3) is 0 Å². The molecule has 154 valence electrons. The van der Waals surface area contributed by atoms with Crippen molar-refractivity contribution in [2.45, 2.75) is 45.8 Å². The van der Waals surface area contributed by atoms with E-state index in [9.17, 15) is 14.4 Å². The Kier molecular flexibility index (Phi) is 7.04. The Balaban J connectivity index is 1.45. The van der Waals surface area contributed by atoms with E-state index in [1.807, 2.05) is 18.4 Å². The van der Waals surface area contributed by atoms with E-state index < -0.39 is 12.1 Å². The zero-order valence-corrected chi connectivity index (χ0v) is 17.5. The summed E-state index contributed by atoms with van der Waals surface area (Å²) in [5.74, 6) is -0.195. The molecule has 1 aliphatic heterocycles. The van der Waals surface area contributed by atoms with Crippen LogP contribution in [0.4, 0.5) is 0 Å². The molecule has 1 aliphatic rings. The highest BCUT2D eigenvalue weighted by atomic mass is 32.1. The molecule has 3 rings (SSSR count). The number of ether oxygens (including phenoxy) is 2. The molecule has 0 radical (unpaired) electrons. The predicted molar refractivity (Wildman–Crippen MR) is 110 cm³/mol. The Labute approximate surface area is 174 Å². The average Bonchev–Trinajstić information content (AvgIpc) is 3.20. The van der Waals surface area contributed by atoms with Gasteiger partial charge in [0, 0.05) is 30.0 Å². The van der Waals surface area contributed by atoms with Crippen LogP contribution in [0.1, 0.15) is 47.5 Å². The molecule has 0 saturated heterocycles. The highest BCUT2D eigenvalue weighted by Gasteiger charge is 2.27. The van der Waals surface area contributed by atoms with Gasteiger partial charge in [-0.05, 0) is 61.5 Å². The first kappa shape index (κ1) is 21.0. The number of carbonyl (C=O) groups excluding carboxylic acids is 3. The summed E-state index contributed by atoms with van der Waals surface area (Å²) in [4.78, 5) is 40.0. The van der Waals surface area contributed by atoms with Gasteiger partial charge in [0.1, 0.15) is 5.75 Å². The lowest BCUT2D eigenvalue weighted by Crippen LogP contribution is -2.42. The van der Waals surface area contributed by atoms with Crippen LogP contribution >= 0.6 is 11.3 Å². The van der Waals surface area contributed by atoms with Crippen molar-refractivity contribution in [2.24, 2.45) is 0 Å². The minimum atomic E-state index is -0.858. The van der Waals surface area contributed by atoms with Gasteiger partial charge in [0.25, 0.3) is 5.91 Å². The Morgan fingerprint density at radius 2 is 1.90 bits per heavy atom. The molecule has 0 saturated carbocycles. The highest BCUT2D eigenvalue weighted by Crippen LogP contribution is 2.24. The van der Waals surface area contributed by atoms with Crippen LogP contribution in [0.2, 0.25) is 0 Å². The third kappa shape index (κ3) is 5.44. The summed E-state index contributed by atoms with van der Waals surface area (Å²) in [6.07, 6.45) is -0.0485. The lowest BCUT2D eigenvalue weighted by atomic mass is 10.1. The van der Waals surface area contributed by atoms with Gasteiger partial charge in [0.15, 0.2) is 11.9 Å². The smallest absolute Gasteiger partial charge is 0.307 e. The Bertz CT molecular complexity index is 874. The van der Waals surface area contributed by atoms with Gasteiger partial charge in [-0.2, -0.15) is 0 Å². The molecule has 1 atom stereocenters. The average molecular weight is 416 g/mol. The molecule has 0 aliphatic carbocycles. The molecule has 1 aromatic heterocycles. The summed E-state index contributed by atoms with van der Waals surface area (Å²) in [5, 5.41) is 2.03. The van der Waals surface area contributed by atoms with Gasteiger partial charge < -0.3 is 14.4 Å². The SMILES string of the molecule is CCOc1ccc(C(=O)CCC(=O)OC(C)C(=O)N2CCc3sccc3C2)cc1. The number of esters is 1.